The molecule has 0 radical (unpaired) electrons. The molecule has 1 aliphatic rings. The summed E-state index contributed by atoms with van der Waals surface area (Å²) < 4.78 is 0. The normalized spacial score (nSPS) is 16.4. The number of aliphatic hydroxyl groups excluding tert-OH is 1. The van der Waals surface area contributed by atoms with Crippen molar-refractivity contribution >= 4 is 11.8 Å². The molecule has 2 amide bonds. The number of hydrogen-bond donors (Lipinski definition) is 3. The zero-order chi connectivity index (χ0) is 17.4. The van der Waals surface area contributed by atoms with Crippen LogP contribution in [0.15, 0.2) is 24.3 Å². The van der Waals surface area contributed by atoms with Crippen molar-refractivity contribution in [3.63, 3.8) is 0 Å². The zero-order valence-corrected chi connectivity index (χ0v) is 14.4. The minimum atomic E-state index is -0.0925. The Labute approximate surface area is 143 Å². The molecule has 1 atom stereocenters. The molecule has 1 unspecified atom stereocenters. The van der Waals surface area contributed by atoms with Gasteiger partial charge in [0.05, 0.1) is 0 Å². The first-order valence-corrected chi connectivity index (χ1v) is 8.85. The van der Waals surface area contributed by atoms with Crippen molar-refractivity contribution in [3.05, 3.63) is 35.4 Å². The molecule has 0 heterocycles. The molecule has 0 saturated heterocycles. The molecule has 1 aliphatic carbocycles. The van der Waals surface area contributed by atoms with Gasteiger partial charge in [-0.2, -0.15) is 0 Å². The smallest absolute Gasteiger partial charge is 0.251 e. The highest BCUT2D eigenvalue weighted by Crippen LogP contribution is 2.27. The topological polar surface area (TPSA) is 78.4 Å². The molecule has 5 heteroatoms. The van der Waals surface area contributed by atoms with E-state index in [2.05, 4.69) is 10.6 Å². The number of amides is 2. The van der Waals surface area contributed by atoms with Crippen molar-refractivity contribution in [1.29, 1.82) is 0 Å². The fourth-order valence-corrected chi connectivity index (χ4v) is 3.35. The Balaban J connectivity index is 1.94. The Kier molecular flexibility index (Phi) is 7.25. The molecule has 3 N–H and O–H groups in total. The Morgan fingerprint density at radius 2 is 1.83 bits per heavy atom. The number of aliphatic hydroxyl groups is 1. The second-order valence-corrected chi connectivity index (χ2v) is 6.60. The summed E-state index contributed by atoms with van der Waals surface area (Å²) in [5.41, 5.74) is 1.57. The third-order valence-electron chi connectivity index (χ3n) is 4.73. The van der Waals surface area contributed by atoms with Gasteiger partial charge in [0.2, 0.25) is 5.91 Å². The van der Waals surface area contributed by atoms with Gasteiger partial charge in [-0.1, -0.05) is 31.4 Å². The zero-order valence-electron chi connectivity index (χ0n) is 14.4. The van der Waals surface area contributed by atoms with Gasteiger partial charge in [0, 0.05) is 31.7 Å². The van der Waals surface area contributed by atoms with Gasteiger partial charge in [-0.05, 0) is 42.9 Å². The van der Waals surface area contributed by atoms with Gasteiger partial charge in [-0.3, -0.25) is 9.59 Å². The maximum atomic E-state index is 12.5. The van der Waals surface area contributed by atoms with Crippen LogP contribution in [0.2, 0.25) is 0 Å². The van der Waals surface area contributed by atoms with Crippen LogP contribution < -0.4 is 10.6 Å². The van der Waals surface area contributed by atoms with Crippen molar-refractivity contribution in [2.24, 2.45) is 5.92 Å². The lowest BCUT2D eigenvalue weighted by Crippen LogP contribution is -2.41. The lowest BCUT2D eigenvalue weighted by Gasteiger charge is -2.30. The molecule has 0 spiro atoms. The number of benzene rings is 1. The third-order valence-corrected chi connectivity index (χ3v) is 4.73. The Morgan fingerprint density at radius 3 is 2.42 bits per heavy atom. The number of nitrogens with one attached hydrogen (secondary N) is 2. The third kappa shape index (κ3) is 5.64. The Hall–Kier alpha value is -1.88. The van der Waals surface area contributed by atoms with Crippen molar-refractivity contribution in [3.8, 4) is 0 Å². The predicted molar refractivity (Wildman–Crippen MR) is 93.5 cm³/mol. The van der Waals surface area contributed by atoms with Gasteiger partial charge in [0.1, 0.15) is 0 Å². The molecular weight excluding hydrogens is 304 g/mol. The van der Waals surface area contributed by atoms with E-state index in [9.17, 15) is 14.7 Å². The fourth-order valence-electron chi connectivity index (χ4n) is 3.35. The van der Waals surface area contributed by atoms with E-state index < -0.39 is 0 Å². The molecule has 1 aromatic carbocycles. The van der Waals surface area contributed by atoms with E-state index in [1.807, 2.05) is 12.1 Å². The summed E-state index contributed by atoms with van der Waals surface area (Å²) in [5, 5.41) is 15.1. The number of carbonyl (C=O) groups excluding carboxylic acids is 2. The van der Waals surface area contributed by atoms with E-state index in [0.29, 0.717) is 24.4 Å². The minimum absolute atomic E-state index is 0.0434. The number of rotatable bonds is 7. The van der Waals surface area contributed by atoms with E-state index in [1.54, 1.807) is 12.1 Å². The van der Waals surface area contributed by atoms with Gasteiger partial charge in [0.25, 0.3) is 5.91 Å². The van der Waals surface area contributed by atoms with Crippen molar-refractivity contribution < 1.29 is 14.7 Å². The van der Waals surface area contributed by atoms with Crippen molar-refractivity contribution in [2.75, 3.05) is 6.61 Å². The SMILES string of the molecule is CC(=O)NCc1ccc(C(=O)NC(CCO)C2CCCCC2)cc1. The lowest BCUT2D eigenvalue weighted by atomic mass is 9.82. The summed E-state index contributed by atoms with van der Waals surface area (Å²) in [5.74, 6) is 0.301. The van der Waals surface area contributed by atoms with E-state index in [4.69, 9.17) is 0 Å². The van der Waals surface area contributed by atoms with Gasteiger partial charge in [-0.15, -0.1) is 0 Å². The van der Waals surface area contributed by atoms with Crippen LogP contribution in [0.1, 0.15) is 61.4 Å². The molecule has 1 fully saturated rings. The van der Waals surface area contributed by atoms with Gasteiger partial charge in [0.15, 0.2) is 0 Å². The highest BCUT2D eigenvalue weighted by Gasteiger charge is 2.25. The molecule has 0 bridgehead atoms. The molecule has 1 saturated carbocycles. The molecule has 5 nitrogen and oxygen atoms in total. The maximum Gasteiger partial charge on any atom is 0.251 e. The van der Waals surface area contributed by atoms with Crippen molar-refractivity contribution in [2.45, 2.75) is 58.0 Å². The first-order valence-electron chi connectivity index (χ1n) is 8.85. The largest absolute Gasteiger partial charge is 0.396 e. The first-order chi connectivity index (χ1) is 11.6. The van der Waals surface area contributed by atoms with Crippen LogP contribution in [0.25, 0.3) is 0 Å². The molecule has 2 rings (SSSR count). The second-order valence-electron chi connectivity index (χ2n) is 6.60. The Morgan fingerprint density at radius 1 is 1.17 bits per heavy atom. The monoisotopic (exact) mass is 332 g/mol. The van der Waals surface area contributed by atoms with Crippen LogP contribution >= 0.6 is 0 Å². The number of hydrogen-bond acceptors (Lipinski definition) is 3. The van der Waals surface area contributed by atoms with E-state index in [0.717, 1.165) is 18.4 Å². The summed E-state index contributed by atoms with van der Waals surface area (Å²) in [6.45, 7) is 2.04. The second kappa shape index (κ2) is 9.42. The summed E-state index contributed by atoms with van der Waals surface area (Å²) >= 11 is 0. The Bertz CT molecular complexity index is 536. The van der Waals surface area contributed by atoms with Gasteiger partial charge >= 0.3 is 0 Å². The summed E-state index contributed by atoms with van der Waals surface area (Å²) in [6, 6.07) is 7.31. The number of carbonyl (C=O) groups is 2. The standard InChI is InChI=1S/C19H28N2O3/c1-14(23)20-13-15-7-9-17(10-8-15)19(24)21-18(11-12-22)16-5-3-2-4-6-16/h7-10,16,18,22H,2-6,11-13H2,1H3,(H,20,23)(H,21,24). The van der Waals surface area contributed by atoms with Gasteiger partial charge < -0.3 is 15.7 Å². The maximum absolute atomic E-state index is 12.5. The molecule has 24 heavy (non-hydrogen) atoms. The summed E-state index contributed by atoms with van der Waals surface area (Å²) in [6.07, 6.45) is 6.55. The first kappa shape index (κ1) is 18.5. The fraction of sp³-hybridized carbons (Fsp3) is 0.579. The van der Waals surface area contributed by atoms with E-state index in [1.165, 1.54) is 26.2 Å². The minimum Gasteiger partial charge on any atom is -0.396 e. The molecule has 0 aliphatic heterocycles. The highest BCUT2D eigenvalue weighted by atomic mass is 16.3. The average Bonchev–Trinajstić information content (AvgIpc) is 2.60. The van der Waals surface area contributed by atoms with Crippen LogP contribution in [0.3, 0.4) is 0 Å². The predicted octanol–water partition coefficient (Wildman–Crippen LogP) is 2.38. The molecule has 0 aromatic heterocycles. The van der Waals surface area contributed by atoms with Crippen molar-refractivity contribution in [1.82, 2.24) is 10.6 Å². The van der Waals surface area contributed by atoms with Crippen LogP contribution in [-0.4, -0.2) is 29.6 Å². The highest BCUT2D eigenvalue weighted by molar-refractivity contribution is 5.94. The lowest BCUT2D eigenvalue weighted by molar-refractivity contribution is -0.119. The van der Waals surface area contributed by atoms with Crippen LogP contribution in [0, 0.1) is 5.92 Å². The quantitative estimate of drug-likeness (QED) is 0.717. The molecule has 1 aromatic rings. The van der Waals surface area contributed by atoms with Gasteiger partial charge in [-0.25, -0.2) is 0 Å². The molecular formula is C19H28N2O3. The summed E-state index contributed by atoms with van der Waals surface area (Å²) in [7, 11) is 0. The van der Waals surface area contributed by atoms with Crippen LogP contribution in [0.5, 0.6) is 0 Å². The summed E-state index contributed by atoms with van der Waals surface area (Å²) in [4.78, 5) is 23.4. The van der Waals surface area contributed by atoms with E-state index >= 15 is 0 Å². The van der Waals surface area contributed by atoms with E-state index in [-0.39, 0.29) is 24.5 Å². The average molecular weight is 332 g/mol. The van der Waals surface area contributed by atoms with Crippen LogP contribution in [-0.2, 0) is 11.3 Å². The molecule has 132 valence electrons. The van der Waals surface area contributed by atoms with Crippen LogP contribution in [0.4, 0.5) is 0 Å².